The van der Waals surface area contributed by atoms with Gasteiger partial charge in [-0.2, -0.15) is 5.10 Å². The number of nitrogens with two attached hydrogens (primary N) is 1. The molecule has 0 aliphatic carbocycles. The first-order chi connectivity index (χ1) is 11.2. The van der Waals surface area contributed by atoms with Gasteiger partial charge in [0.1, 0.15) is 5.52 Å². The van der Waals surface area contributed by atoms with E-state index in [2.05, 4.69) is 5.10 Å². The summed E-state index contributed by atoms with van der Waals surface area (Å²) in [6, 6.07) is 11.0. The summed E-state index contributed by atoms with van der Waals surface area (Å²) in [5.74, 6) is 0.954. The van der Waals surface area contributed by atoms with Crippen molar-refractivity contribution in [1.29, 1.82) is 0 Å². The van der Waals surface area contributed by atoms with Gasteiger partial charge in [0, 0.05) is 24.1 Å². The maximum Gasteiger partial charge on any atom is 0.250 e. The number of aromatic nitrogens is 2. The smallest absolute Gasteiger partial charge is 0.250 e. The number of rotatable bonds is 2. The largest absolute Gasteiger partial charge is 0.490 e. The number of primary amides is 1. The molecule has 0 bridgehead atoms. The molecule has 6 nitrogen and oxygen atoms in total. The summed E-state index contributed by atoms with van der Waals surface area (Å²) in [6.45, 7) is 1.28. The lowest BCUT2D eigenvalue weighted by molar-refractivity contribution is 0.100. The molecule has 4 rings (SSSR count). The van der Waals surface area contributed by atoms with Crippen molar-refractivity contribution in [2.75, 3.05) is 13.2 Å². The van der Waals surface area contributed by atoms with Crippen molar-refractivity contribution in [1.82, 2.24) is 9.78 Å². The molecule has 0 radical (unpaired) electrons. The molecule has 0 atom stereocenters. The van der Waals surface area contributed by atoms with E-state index in [0.717, 1.165) is 23.2 Å². The molecule has 1 amide bonds. The fourth-order valence-corrected chi connectivity index (χ4v) is 2.67. The quantitative estimate of drug-likeness (QED) is 0.787. The molecule has 0 fully saturated rings. The Morgan fingerprint density at radius 1 is 1.13 bits per heavy atom. The minimum atomic E-state index is -0.487. The Balaban J connectivity index is 1.82. The number of ether oxygens (including phenoxy) is 2. The van der Waals surface area contributed by atoms with Gasteiger partial charge in [0.05, 0.1) is 24.5 Å². The van der Waals surface area contributed by atoms with E-state index in [1.54, 1.807) is 16.8 Å². The number of benzene rings is 2. The first-order valence-corrected chi connectivity index (χ1v) is 7.40. The standard InChI is InChI=1S/C17H15N3O3/c18-17(21)13-4-1-3-11-10-20(19-16(11)13)12-5-6-14-15(9-12)23-8-2-7-22-14/h1,3-6,9-10H,2,7-8H2,(H2,18,21). The minimum absolute atomic E-state index is 0.413. The second-order valence-corrected chi connectivity index (χ2v) is 5.36. The molecule has 2 heterocycles. The summed E-state index contributed by atoms with van der Waals surface area (Å²) in [6.07, 6.45) is 2.72. The molecule has 1 aliphatic heterocycles. The van der Waals surface area contributed by atoms with Gasteiger partial charge >= 0.3 is 0 Å². The van der Waals surface area contributed by atoms with Crippen LogP contribution in [0.5, 0.6) is 11.5 Å². The first-order valence-electron chi connectivity index (χ1n) is 7.40. The summed E-state index contributed by atoms with van der Waals surface area (Å²) >= 11 is 0. The molecular weight excluding hydrogens is 294 g/mol. The molecule has 23 heavy (non-hydrogen) atoms. The van der Waals surface area contributed by atoms with Crippen molar-refractivity contribution in [3.63, 3.8) is 0 Å². The van der Waals surface area contributed by atoms with Crippen molar-refractivity contribution in [2.45, 2.75) is 6.42 Å². The zero-order valence-electron chi connectivity index (χ0n) is 12.4. The molecule has 1 aromatic heterocycles. The summed E-state index contributed by atoms with van der Waals surface area (Å²) in [4.78, 5) is 11.5. The van der Waals surface area contributed by atoms with Crippen LogP contribution in [0.4, 0.5) is 0 Å². The predicted octanol–water partition coefficient (Wildman–Crippen LogP) is 2.29. The highest BCUT2D eigenvalue weighted by Crippen LogP contribution is 2.32. The molecule has 6 heteroatoms. The Morgan fingerprint density at radius 2 is 1.96 bits per heavy atom. The second-order valence-electron chi connectivity index (χ2n) is 5.36. The Hall–Kier alpha value is -3.02. The van der Waals surface area contributed by atoms with Crippen LogP contribution in [-0.4, -0.2) is 28.9 Å². The van der Waals surface area contributed by atoms with Gasteiger partial charge in [-0.05, 0) is 18.2 Å². The van der Waals surface area contributed by atoms with E-state index in [1.165, 1.54) is 0 Å². The zero-order chi connectivity index (χ0) is 15.8. The van der Waals surface area contributed by atoms with Crippen molar-refractivity contribution < 1.29 is 14.3 Å². The van der Waals surface area contributed by atoms with Crippen LogP contribution in [0.3, 0.4) is 0 Å². The van der Waals surface area contributed by atoms with Crippen molar-refractivity contribution in [3.05, 3.63) is 48.2 Å². The van der Waals surface area contributed by atoms with E-state index < -0.39 is 5.91 Å². The summed E-state index contributed by atoms with van der Waals surface area (Å²) in [5, 5.41) is 5.35. The van der Waals surface area contributed by atoms with Gasteiger partial charge < -0.3 is 15.2 Å². The molecule has 0 saturated carbocycles. The third-order valence-corrected chi connectivity index (χ3v) is 3.80. The molecule has 0 saturated heterocycles. The Labute approximate surface area is 132 Å². The third kappa shape index (κ3) is 2.38. The number of carbonyl (C=O) groups is 1. The highest BCUT2D eigenvalue weighted by Gasteiger charge is 2.14. The molecule has 2 N–H and O–H groups in total. The average Bonchev–Trinajstić information content (AvgIpc) is 2.85. The summed E-state index contributed by atoms with van der Waals surface area (Å²) in [7, 11) is 0. The fraction of sp³-hybridized carbons (Fsp3) is 0.176. The molecule has 116 valence electrons. The average molecular weight is 309 g/mol. The summed E-state index contributed by atoms with van der Waals surface area (Å²) < 4.78 is 13.1. The van der Waals surface area contributed by atoms with Gasteiger partial charge in [0.15, 0.2) is 11.5 Å². The van der Waals surface area contributed by atoms with Crippen LogP contribution in [-0.2, 0) is 0 Å². The van der Waals surface area contributed by atoms with Gasteiger partial charge in [-0.15, -0.1) is 0 Å². The topological polar surface area (TPSA) is 79.4 Å². The second kappa shape index (κ2) is 5.31. The first kappa shape index (κ1) is 13.6. The number of hydrogen-bond acceptors (Lipinski definition) is 4. The number of amides is 1. The number of carbonyl (C=O) groups excluding carboxylic acids is 1. The molecule has 0 unspecified atom stereocenters. The summed E-state index contributed by atoms with van der Waals surface area (Å²) in [5.41, 5.74) is 7.25. The van der Waals surface area contributed by atoms with Gasteiger partial charge in [0.25, 0.3) is 5.91 Å². The highest BCUT2D eigenvalue weighted by atomic mass is 16.5. The van der Waals surface area contributed by atoms with Gasteiger partial charge in [-0.25, -0.2) is 4.68 Å². The normalized spacial score (nSPS) is 13.7. The van der Waals surface area contributed by atoms with Crippen LogP contribution in [0, 0.1) is 0 Å². The van der Waals surface area contributed by atoms with Crippen LogP contribution < -0.4 is 15.2 Å². The molecule has 0 spiro atoms. The van der Waals surface area contributed by atoms with E-state index in [1.807, 2.05) is 30.5 Å². The predicted molar refractivity (Wildman–Crippen MR) is 85.2 cm³/mol. The number of fused-ring (bicyclic) bond motifs is 2. The monoisotopic (exact) mass is 309 g/mol. The zero-order valence-corrected chi connectivity index (χ0v) is 12.4. The Bertz CT molecular complexity index is 901. The Morgan fingerprint density at radius 3 is 2.78 bits per heavy atom. The molecular formula is C17H15N3O3. The lowest BCUT2D eigenvalue weighted by Gasteiger charge is -2.09. The molecule has 1 aliphatic rings. The molecule has 3 aromatic rings. The van der Waals surface area contributed by atoms with Gasteiger partial charge in [-0.3, -0.25) is 4.79 Å². The van der Waals surface area contributed by atoms with Crippen LogP contribution in [0.2, 0.25) is 0 Å². The van der Waals surface area contributed by atoms with Crippen molar-refractivity contribution in [3.8, 4) is 17.2 Å². The van der Waals surface area contributed by atoms with Gasteiger partial charge in [0.2, 0.25) is 0 Å². The van der Waals surface area contributed by atoms with E-state index in [-0.39, 0.29) is 0 Å². The van der Waals surface area contributed by atoms with E-state index in [4.69, 9.17) is 15.2 Å². The Kier molecular flexibility index (Phi) is 3.15. The lowest BCUT2D eigenvalue weighted by atomic mass is 10.1. The minimum Gasteiger partial charge on any atom is -0.490 e. The maximum absolute atomic E-state index is 11.5. The van der Waals surface area contributed by atoms with Crippen LogP contribution >= 0.6 is 0 Å². The van der Waals surface area contributed by atoms with E-state index in [9.17, 15) is 4.79 Å². The fourth-order valence-electron chi connectivity index (χ4n) is 2.67. The number of hydrogen-bond donors (Lipinski definition) is 1. The van der Waals surface area contributed by atoms with Crippen molar-refractivity contribution >= 4 is 16.8 Å². The number of nitrogens with zero attached hydrogens (tertiary/aromatic N) is 2. The third-order valence-electron chi connectivity index (χ3n) is 3.80. The van der Waals surface area contributed by atoms with Crippen LogP contribution in [0.15, 0.2) is 42.6 Å². The van der Waals surface area contributed by atoms with Crippen LogP contribution in [0.1, 0.15) is 16.8 Å². The van der Waals surface area contributed by atoms with E-state index in [0.29, 0.717) is 30.0 Å². The van der Waals surface area contributed by atoms with E-state index >= 15 is 0 Å². The lowest BCUT2D eigenvalue weighted by Crippen LogP contribution is -2.11. The maximum atomic E-state index is 11.5. The molecule has 2 aromatic carbocycles. The van der Waals surface area contributed by atoms with Crippen LogP contribution in [0.25, 0.3) is 16.6 Å². The highest BCUT2D eigenvalue weighted by molar-refractivity contribution is 6.04. The van der Waals surface area contributed by atoms with Crippen molar-refractivity contribution in [2.24, 2.45) is 5.73 Å². The SMILES string of the molecule is NC(=O)c1cccc2cn(-c3ccc4c(c3)OCCCO4)nc12. The van der Waals surface area contributed by atoms with Gasteiger partial charge in [-0.1, -0.05) is 12.1 Å².